The van der Waals surface area contributed by atoms with Gasteiger partial charge in [-0.05, 0) is 32.2 Å². The molecule has 98 valence electrons. The van der Waals surface area contributed by atoms with Crippen LogP contribution in [0.3, 0.4) is 0 Å². The normalized spacial score (nSPS) is 12.9. The zero-order valence-electron chi connectivity index (χ0n) is 10.8. The van der Waals surface area contributed by atoms with Crippen LogP contribution in [-0.2, 0) is 6.54 Å². The Labute approximate surface area is 116 Å². The molecule has 0 aliphatic heterocycles. The van der Waals surface area contributed by atoms with E-state index < -0.39 is 6.10 Å². The first kappa shape index (κ1) is 13.5. The Bertz CT molecular complexity index is 477. The van der Waals surface area contributed by atoms with Crippen LogP contribution in [-0.4, -0.2) is 16.1 Å². The highest BCUT2D eigenvalue weighted by molar-refractivity contribution is 7.15. The van der Waals surface area contributed by atoms with Crippen molar-refractivity contribution in [3.63, 3.8) is 0 Å². The number of aromatic nitrogens is 1. The molecule has 18 heavy (non-hydrogen) atoms. The largest absolute Gasteiger partial charge is 0.388 e. The minimum Gasteiger partial charge on any atom is -0.388 e. The molecule has 0 bridgehead atoms. The highest BCUT2D eigenvalue weighted by atomic mass is 32.1. The lowest BCUT2D eigenvalue weighted by atomic mass is 10.3. The Kier molecular flexibility index (Phi) is 4.37. The van der Waals surface area contributed by atoms with E-state index in [9.17, 15) is 5.11 Å². The number of thiazole rings is 1. The third-order valence-electron chi connectivity index (χ3n) is 2.70. The molecule has 0 fully saturated rings. The molecular formula is C13H18N2OS2. The maximum atomic E-state index is 9.57. The van der Waals surface area contributed by atoms with Crippen LogP contribution in [0.2, 0.25) is 0 Å². The van der Waals surface area contributed by atoms with Crippen LogP contribution in [0.4, 0.5) is 5.13 Å². The molecule has 0 radical (unpaired) electrons. The van der Waals surface area contributed by atoms with Gasteiger partial charge in [-0.3, -0.25) is 0 Å². The van der Waals surface area contributed by atoms with Crippen LogP contribution in [0, 0.1) is 0 Å². The summed E-state index contributed by atoms with van der Waals surface area (Å²) in [5.74, 6) is 0. The fraction of sp³-hybridized carbons (Fsp3) is 0.462. The number of thiophene rings is 1. The Hall–Kier alpha value is -0.910. The van der Waals surface area contributed by atoms with Crippen LogP contribution >= 0.6 is 22.7 Å². The molecule has 0 aliphatic carbocycles. The lowest BCUT2D eigenvalue weighted by Crippen LogP contribution is -2.29. The Balaban J connectivity index is 2.18. The van der Waals surface area contributed by atoms with E-state index in [1.807, 2.05) is 0 Å². The zero-order chi connectivity index (χ0) is 13.1. The van der Waals surface area contributed by atoms with Gasteiger partial charge in [-0.15, -0.1) is 11.3 Å². The zero-order valence-corrected chi connectivity index (χ0v) is 12.5. The molecule has 2 aromatic heterocycles. The lowest BCUT2D eigenvalue weighted by molar-refractivity contribution is 0.203. The fourth-order valence-electron chi connectivity index (χ4n) is 1.64. The average molecular weight is 282 g/mol. The van der Waals surface area contributed by atoms with Gasteiger partial charge in [-0.2, -0.15) is 0 Å². The van der Waals surface area contributed by atoms with Crippen LogP contribution in [0.15, 0.2) is 23.7 Å². The van der Waals surface area contributed by atoms with Gasteiger partial charge >= 0.3 is 0 Å². The molecule has 1 N–H and O–H groups in total. The standard InChI is InChI=1S/C13H18N2OS2/c1-9(2)15(8-11-5-4-6-17-11)13-14-7-12(18-13)10(3)16/h4-7,9-10,16H,8H2,1-3H3. The number of aliphatic hydroxyl groups is 1. The monoisotopic (exact) mass is 282 g/mol. The molecule has 0 saturated carbocycles. The molecule has 5 heteroatoms. The molecule has 3 nitrogen and oxygen atoms in total. The van der Waals surface area contributed by atoms with E-state index in [2.05, 4.69) is 41.2 Å². The number of hydrogen-bond donors (Lipinski definition) is 1. The van der Waals surface area contributed by atoms with E-state index in [4.69, 9.17) is 0 Å². The molecule has 0 aliphatic rings. The van der Waals surface area contributed by atoms with Crippen molar-refractivity contribution in [2.45, 2.75) is 39.5 Å². The average Bonchev–Trinajstić information content (AvgIpc) is 2.96. The second-order valence-corrected chi connectivity index (χ2v) is 6.60. The lowest BCUT2D eigenvalue weighted by Gasteiger charge is -2.25. The van der Waals surface area contributed by atoms with E-state index in [0.29, 0.717) is 6.04 Å². The summed E-state index contributed by atoms with van der Waals surface area (Å²) in [6.07, 6.45) is 1.33. The summed E-state index contributed by atoms with van der Waals surface area (Å²) in [5.41, 5.74) is 0. The van der Waals surface area contributed by atoms with Crippen molar-refractivity contribution in [2.75, 3.05) is 4.90 Å². The van der Waals surface area contributed by atoms with Gasteiger partial charge in [0.05, 0.1) is 17.5 Å². The number of anilines is 1. The van der Waals surface area contributed by atoms with Crippen molar-refractivity contribution in [1.29, 1.82) is 0 Å². The van der Waals surface area contributed by atoms with Gasteiger partial charge in [0.2, 0.25) is 0 Å². The van der Waals surface area contributed by atoms with Crippen molar-refractivity contribution in [3.05, 3.63) is 33.5 Å². The molecule has 0 amide bonds. The summed E-state index contributed by atoms with van der Waals surface area (Å²) >= 11 is 3.33. The molecule has 1 atom stereocenters. The van der Waals surface area contributed by atoms with E-state index in [-0.39, 0.29) is 0 Å². The van der Waals surface area contributed by atoms with Crippen molar-refractivity contribution in [3.8, 4) is 0 Å². The minimum absolute atomic E-state index is 0.389. The van der Waals surface area contributed by atoms with Crippen molar-refractivity contribution in [1.82, 2.24) is 4.98 Å². The maximum Gasteiger partial charge on any atom is 0.186 e. The molecule has 2 rings (SSSR count). The SMILES string of the molecule is CC(O)c1cnc(N(Cc2cccs2)C(C)C)s1. The van der Waals surface area contributed by atoms with Crippen LogP contribution in [0.1, 0.15) is 36.6 Å². The van der Waals surface area contributed by atoms with Gasteiger partial charge in [0.25, 0.3) is 0 Å². The highest BCUT2D eigenvalue weighted by Crippen LogP contribution is 2.29. The summed E-state index contributed by atoms with van der Waals surface area (Å²) < 4.78 is 0. The molecule has 2 heterocycles. The summed E-state index contributed by atoms with van der Waals surface area (Å²) in [4.78, 5) is 8.94. The molecule has 0 saturated heterocycles. The Morgan fingerprint density at radius 3 is 2.67 bits per heavy atom. The molecular weight excluding hydrogens is 264 g/mol. The van der Waals surface area contributed by atoms with Gasteiger partial charge in [-0.25, -0.2) is 4.98 Å². The first-order chi connectivity index (χ1) is 8.58. The first-order valence-electron chi connectivity index (χ1n) is 6.00. The van der Waals surface area contributed by atoms with Crippen LogP contribution in [0.25, 0.3) is 0 Å². The second-order valence-electron chi connectivity index (χ2n) is 4.52. The number of hydrogen-bond acceptors (Lipinski definition) is 5. The van der Waals surface area contributed by atoms with Gasteiger partial charge in [-0.1, -0.05) is 17.4 Å². The van der Waals surface area contributed by atoms with E-state index in [0.717, 1.165) is 16.6 Å². The highest BCUT2D eigenvalue weighted by Gasteiger charge is 2.16. The minimum atomic E-state index is -0.438. The molecule has 0 spiro atoms. The molecule has 1 unspecified atom stereocenters. The fourth-order valence-corrected chi connectivity index (χ4v) is 3.33. The first-order valence-corrected chi connectivity index (χ1v) is 7.70. The molecule has 2 aromatic rings. The summed E-state index contributed by atoms with van der Waals surface area (Å²) in [7, 11) is 0. The molecule has 0 aromatic carbocycles. The summed E-state index contributed by atoms with van der Waals surface area (Å²) in [6, 6.07) is 4.60. The Morgan fingerprint density at radius 2 is 2.17 bits per heavy atom. The van der Waals surface area contributed by atoms with Crippen LogP contribution in [0.5, 0.6) is 0 Å². The summed E-state index contributed by atoms with van der Waals surface area (Å²) in [6.45, 7) is 6.98. The Morgan fingerprint density at radius 1 is 1.39 bits per heavy atom. The number of nitrogens with zero attached hydrogens (tertiary/aromatic N) is 2. The van der Waals surface area contributed by atoms with E-state index in [1.165, 1.54) is 4.88 Å². The van der Waals surface area contributed by atoms with Crippen molar-refractivity contribution < 1.29 is 5.11 Å². The quantitative estimate of drug-likeness (QED) is 0.909. The predicted octanol–water partition coefficient (Wildman–Crippen LogP) is 3.67. The van der Waals surface area contributed by atoms with E-state index >= 15 is 0 Å². The van der Waals surface area contributed by atoms with Gasteiger partial charge in [0.15, 0.2) is 5.13 Å². The third-order valence-corrected chi connectivity index (χ3v) is 4.76. The predicted molar refractivity (Wildman–Crippen MR) is 78.4 cm³/mol. The van der Waals surface area contributed by atoms with Crippen molar-refractivity contribution in [2.24, 2.45) is 0 Å². The van der Waals surface area contributed by atoms with Gasteiger partial charge in [0.1, 0.15) is 0 Å². The topological polar surface area (TPSA) is 36.4 Å². The van der Waals surface area contributed by atoms with Crippen molar-refractivity contribution >= 4 is 27.8 Å². The van der Waals surface area contributed by atoms with E-state index in [1.54, 1.807) is 35.8 Å². The smallest absolute Gasteiger partial charge is 0.186 e. The van der Waals surface area contributed by atoms with Gasteiger partial charge < -0.3 is 10.0 Å². The maximum absolute atomic E-state index is 9.57. The van der Waals surface area contributed by atoms with Crippen LogP contribution < -0.4 is 4.90 Å². The third kappa shape index (κ3) is 3.10. The number of rotatable bonds is 5. The summed E-state index contributed by atoms with van der Waals surface area (Å²) in [5, 5.41) is 12.6. The second kappa shape index (κ2) is 5.82. The van der Waals surface area contributed by atoms with Gasteiger partial charge in [0, 0.05) is 17.1 Å². The number of aliphatic hydroxyl groups excluding tert-OH is 1.